The molecule has 0 heterocycles. The molecule has 0 aliphatic carbocycles. The van der Waals surface area contributed by atoms with Crippen molar-refractivity contribution in [3.63, 3.8) is 0 Å². The molecule has 0 spiro atoms. The van der Waals surface area contributed by atoms with Gasteiger partial charge < -0.3 is 4.74 Å². The summed E-state index contributed by atoms with van der Waals surface area (Å²) in [7, 11) is -3.87. The fourth-order valence-corrected chi connectivity index (χ4v) is 2.64. The smallest absolute Gasteiger partial charge is 0.254 e. The van der Waals surface area contributed by atoms with Crippen molar-refractivity contribution >= 4 is 10.0 Å². The molecule has 0 aliphatic rings. The Balaban J connectivity index is 2.10. The highest BCUT2D eigenvalue weighted by molar-refractivity contribution is 7.88. The van der Waals surface area contributed by atoms with E-state index in [2.05, 4.69) is 6.92 Å². The van der Waals surface area contributed by atoms with Crippen LogP contribution in [0.3, 0.4) is 0 Å². The predicted octanol–water partition coefficient (Wildman–Crippen LogP) is 4.18. The molecule has 1 radical (unpaired) electrons. The molecule has 5 heteroatoms. The Morgan fingerprint density at radius 2 is 1.43 bits per heavy atom. The van der Waals surface area contributed by atoms with Gasteiger partial charge in [-0.1, -0.05) is 51.9 Å². The molecule has 119 valence electrons. The van der Waals surface area contributed by atoms with Crippen molar-refractivity contribution in [1.29, 1.82) is 0 Å². The number of hydrogen-bond acceptors (Lipinski definition) is 3. The lowest BCUT2D eigenvalue weighted by atomic mass is 10.1. The van der Waals surface area contributed by atoms with Gasteiger partial charge in [-0.2, -0.15) is 0 Å². The number of benzene rings is 1. The van der Waals surface area contributed by atoms with E-state index in [4.69, 9.17) is 9.88 Å². The van der Waals surface area contributed by atoms with E-state index in [-0.39, 0.29) is 4.90 Å². The Kier molecular flexibility index (Phi) is 8.38. The molecule has 0 unspecified atom stereocenters. The zero-order chi connectivity index (χ0) is 15.6. The normalized spacial score (nSPS) is 11.5. The summed E-state index contributed by atoms with van der Waals surface area (Å²) in [4.78, 5) is 0.00179. The molecule has 21 heavy (non-hydrogen) atoms. The van der Waals surface area contributed by atoms with Crippen molar-refractivity contribution in [3.8, 4) is 5.75 Å². The van der Waals surface area contributed by atoms with Crippen LogP contribution in [0.25, 0.3) is 0 Å². The maximum Gasteiger partial charge on any atom is 0.254 e. The Morgan fingerprint density at radius 1 is 0.905 bits per heavy atom. The summed E-state index contributed by atoms with van der Waals surface area (Å²) in [5.74, 6) is 0.658. The van der Waals surface area contributed by atoms with E-state index >= 15 is 0 Å². The third-order valence-corrected chi connectivity index (χ3v) is 4.29. The van der Waals surface area contributed by atoms with Gasteiger partial charge in [-0.05, 0) is 30.7 Å². The van der Waals surface area contributed by atoms with Gasteiger partial charge in [-0.25, -0.2) is 8.42 Å². The third-order valence-electron chi connectivity index (χ3n) is 3.40. The van der Waals surface area contributed by atoms with Gasteiger partial charge in [-0.3, -0.25) is 0 Å². The first-order chi connectivity index (χ1) is 10.0. The second kappa shape index (κ2) is 9.79. The van der Waals surface area contributed by atoms with Crippen LogP contribution >= 0.6 is 0 Å². The summed E-state index contributed by atoms with van der Waals surface area (Å²) in [5.41, 5.74) is 0. The summed E-state index contributed by atoms with van der Waals surface area (Å²) < 4.78 is 27.6. The highest BCUT2D eigenvalue weighted by atomic mass is 32.2. The number of unbranched alkanes of at least 4 members (excludes halogenated alkanes) is 7. The predicted molar refractivity (Wildman–Crippen MR) is 84.8 cm³/mol. The Bertz CT molecular complexity index is 483. The molecule has 0 fully saturated rings. The molecule has 0 aliphatic heterocycles. The lowest BCUT2D eigenvalue weighted by molar-refractivity contribution is 0.304. The van der Waals surface area contributed by atoms with Crippen LogP contribution in [0, 0.1) is 0 Å². The minimum atomic E-state index is -3.87. The van der Waals surface area contributed by atoms with Crippen LogP contribution in [0.4, 0.5) is 0 Å². The zero-order valence-electron chi connectivity index (χ0n) is 12.8. The topological polar surface area (TPSA) is 67.2 Å². The van der Waals surface area contributed by atoms with Crippen molar-refractivity contribution in [2.45, 2.75) is 63.2 Å². The second-order valence-electron chi connectivity index (χ2n) is 5.30. The van der Waals surface area contributed by atoms with Crippen molar-refractivity contribution in [3.05, 3.63) is 24.3 Å². The summed E-state index contributed by atoms with van der Waals surface area (Å²) in [6, 6.07) is 6.02. The third kappa shape index (κ3) is 8.07. The molecule has 4 nitrogen and oxygen atoms in total. The fourth-order valence-electron chi connectivity index (χ4n) is 2.14. The van der Waals surface area contributed by atoms with E-state index in [0.29, 0.717) is 12.4 Å². The minimum Gasteiger partial charge on any atom is -0.494 e. The van der Waals surface area contributed by atoms with Gasteiger partial charge in [0, 0.05) is 0 Å². The lowest BCUT2D eigenvalue weighted by Crippen LogP contribution is -2.01. The van der Waals surface area contributed by atoms with Crippen LogP contribution in [0.15, 0.2) is 29.2 Å². The lowest BCUT2D eigenvalue weighted by Gasteiger charge is -2.06. The highest BCUT2D eigenvalue weighted by Gasteiger charge is 2.07. The quantitative estimate of drug-likeness (QED) is 0.576. The molecule has 0 atom stereocenters. The Hall–Kier alpha value is -1.07. The summed E-state index contributed by atoms with van der Waals surface area (Å²) in [5, 5.41) is 6.95. The van der Waals surface area contributed by atoms with E-state index < -0.39 is 10.0 Å². The van der Waals surface area contributed by atoms with E-state index in [1.165, 1.54) is 57.1 Å². The maximum atomic E-state index is 11.0. The Morgan fingerprint density at radius 3 is 1.95 bits per heavy atom. The SMILES string of the molecule is CCCCCCCCCCOc1ccc(S([NH])(=O)=O)cc1. The first-order valence-electron chi connectivity index (χ1n) is 7.76. The molecule has 0 saturated carbocycles. The average molecular weight is 312 g/mol. The maximum absolute atomic E-state index is 11.0. The molecule has 1 aromatic carbocycles. The molecule has 0 saturated heterocycles. The van der Waals surface area contributed by atoms with Crippen LogP contribution in [0.5, 0.6) is 5.75 Å². The number of ether oxygens (including phenoxy) is 1. The van der Waals surface area contributed by atoms with Crippen LogP contribution in [0.2, 0.25) is 0 Å². The van der Waals surface area contributed by atoms with E-state index in [1.807, 2.05) is 0 Å². The van der Waals surface area contributed by atoms with Crippen molar-refractivity contribution in [2.75, 3.05) is 6.61 Å². The van der Waals surface area contributed by atoms with Gasteiger partial charge in [0.25, 0.3) is 10.0 Å². The van der Waals surface area contributed by atoms with E-state index in [0.717, 1.165) is 6.42 Å². The molecule has 0 amide bonds. The molecule has 1 aromatic rings. The zero-order valence-corrected chi connectivity index (χ0v) is 13.6. The summed E-state index contributed by atoms with van der Waals surface area (Å²) in [6.07, 6.45) is 10.0. The minimum absolute atomic E-state index is 0.00179. The summed E-state index contributed by atoms with van der Waals surface area (Å²) in [6.45, 7) is 2.88. The molecule has 1 rings (SSSR count). The second-order valence-corrected chi connectivity index (χ2v) is 6.78. The number of hydrogen-bond donors (Lipinski definition) is 0. The first-order valence-corrected chi connectivity index (χ1v) is 9.25. The van der Waals surface area contributed by atoms with Gasteiger partial charge in [0.05, 0.1) is 11.5 Å². The van der Waals surface area contributed by atoms with Crippen molar-refractivity contribution < 1.29 is 13.2 Å². The number of sulfonamides is 1. The van der Waals surface area contributed by atoms with Crippen LogP contribution < -0.4 is 9.88 Å². The van der Waals surface area contributed by atoms with Gasteiger partial charge in [0.1, 0.15) is 5.75 Å². The van der Waals surface area contributed by atoms with Gasteiger partial charge in [0.15, 0.2) is 0 Å². The largest absolute Gasteiger partial charge is 0.494 e. The number of rotatable bonds is 11. The van der Waals surface area contributed by atoms with Crippen LogP contribution in [-0.4, -0.2) is 15.0 Å². The van der Waals surface area contributed by atoms with Crippen LogP contribution in [-0.2, 0) is 10.0 Å². The Labute approximate surface area is 128 Å². The highest BCUT2D eigenvalue weighted by Crippen LogP contribution is 2.16. The van der Waals surface area contributed by atoms with Crippen molar-refractivity contribution in [2.24, 2.45) is 0 Å². The first kappa shape index (κ1) is 18.0. The molecular formula is C16H26NO3S. The fraction of sp³-hybridized carbons (Fsp3) is 0.625. The molecule has 0 bridgehead atoms. The standard InChI is InChI=1S/C16H26NO3S/c1-2-3-4-5-6-7-8-9-14-20-15-10-12-16(13-11-15)21(17,18)19/h10-13,17H,2-9,14H2,1H3. The molecule has 1 N–H and O–H groups in total. The van der Waals surface area contributed by atoms with Gasteiger partial charge >= 0.3 is 0 Å². The van der Waals surface area contributed by atoms with E-state index in [1.54, 1.807) is 12.1 Å². The van der Waals surface area contributed by atoms with Gasteiger partial charge in [-0.15, -0.1) is 5.14 Å². The monoisotopic (exact) mass is 312 g/mol. The molecular weight excluding hydrogens is 286 g/mol. The van der Waals surface area contributed by atoms with Gasteiger partial charge in [0.2, 0.25) is 0 Å². The number of nitrogens with one attached hydrogen (secondary N) is 1. The average Bonchev–Trinajstić information content (AvgIpc) is 2.45. The van der Waals surface area contributed by atoms with E-state index in [9.17, 15) is 8.42 Å². The summed E-state index contributed by atoms with van der Waals surface area (Å²) >= 11 is 0. The molecule has 0 aromatic heterocycles. The van der Waals surface area contributed by atoms with Crippen LogP contribution in [0.1, 0.15) is 58.3 Å². The van der Waals surface area contributed by atoms with Crippen molar-refractivity contribution in [1.82, 2.24) is 5.14 Å².